The van der Waals surface area contributed by atoms with Gasteiger partial charge in [0.2, 0.25) is 0 Å². The Hall–Kier alpha value is -2.24. The van der Waals surface area contributed by atoms with Crippen molar-refractivity contribution in [2.75, 3.05) is 10.6 Å². The monoisotopic (exact) mass is 323 g/mol. The lowest BCUT2D eigenvalue weighted by atomic mass is 10.2. The van der Waals surface area contributed by atoms with Crippen molar-refractivity contribution < 1.29 is 14.7 Å². The molecule has 2 N–H and O–H groups in total. The standard InChI is InChI=1S/C14H10Cl2N2O3/c15-10-6-5-8(7-11(10)16)17-14(21)18-12-4-2-1-3-9(12)13(19)20/h1-7H,(H,19,20)(H2,17,18,21)/p-1. The maximum Gasteiger partial charge on any atom is 0.323 e. The van der Waals surface area contributed by atoms with Crippen molar-refractivity contribution in [2.45, 2.75) is 0 Å². The number of amides is 2. The highest BCUT2D eigenvalue weighted by atomic mass is 35.5. The first-order valence-corrected chi connectivity index (χ1v) is 6.56. The third-order valence-electron chi connectivity index (χ3n) is 2.57. The lowest BCUT2D eigenvalue weighted by Crippen LogP contribution is -2.26. The average Bonchev–Trinajstić information content (AvgIpc) is 2.43. The van der Waals surface area contributed by atoms with E-state index in [4.69, 9.17) is 23.2 Å². The molecule has 2 aromatic carbocycles. The molecular formula is C14H9Cl2N2O3-. The van der Waals surface area contributed by atoms with Crippen LogP contribution in [0.3, 0.4) is 0 Å². The van der Waals surface area contributed by atoms with Crippen LogP contribution < -0.4 is 15.7 Å². The van der Waals surface area contributed by atoms with Gasteiger partial charge in [-0.15, -0.1) is 0 Å². The number of hydrogen-bond acceptors (Lipinski definition) is 3. The molecule has 0 aromatic heterocycles. The van der Waals surface area contributed by atoms with Crippen LogP contribution in [0.2, 0.25) is 10.0 Å². The second kappa shape index (κ2) is 6.47. The summed E-state index contributed by atoms with van der Waals surface area (Å²) in [4.78, 5) is 22.8. The van der Waals surface area contributed by atoms with Crippen LogP contribution in [0.5, 0.6) is 0 Å². The van der Waals surface area contributed by atoms with Gasteiger partial charge in [0.15, 0.2) is 0 Å². The first kappa shape index (κ1) is 15.2. The van der Waals surface area contributed by atoms with E-state index in [0.29, 0.717) is 15.7 Å². The van der Waals surface area contributed by atoms with Gasteiger partial charge in [-0.05, 0) is 24.3 Å². The summed E-state index contributed by atoms with van der Waals surface area (Å²) < 4.78 is 0. The smallest absolute Gasteiger partial charge is 0.323 e. The Morgan fingerprint density at radius 1 is 0.952 bits per heavy atom. The molecule has 0 saturated carbocycles. The Bertz CT molecular complexity index is 704. The van der Waals surface area contributed by atoms with Crippen molar-refractivity contribution in [3.63, 3.8) is 0 Å². The first-order valence-electron chi connectivity index (χ1n) is 5.81. The number of nitrogens with one attached hydrogen (secondary N) is 2. The molecule has 0 heterocycles. The molecule has 0 bridgehead atoms. The zero-order valence-electron chi connectivity index (χ0n) is 10.5. The van der Waals surface area contributed by atoms with Gasteiger partial charge in [-0.3, -0.25) is 0 Å². The average molecular weight is 324 g/mol. The normalized spacial score (nSPS) is 10.0. The number of carbonyl (C=O) groups is 2. The van der Waals surface area contributed by atoms with E-state index in [1.807, 2.05) is 0 Å². The third-order valence-corrected chi connectivity index (χ3v) is 3.31. The minimum Gasteiger partial charge on any atom is -0.545 e. The number of benzene rings is 2. The summed E-state index contributed by atoms with van der Waals surface area (Å²) >= 11 is 11.6. The van der Waals surface area contributed by atoms with Gasteiger partial charge in [-0.2, -0.15) is 0 Å². The van der Waals surface area contributed by atoms with Gasteiger partial charge < -0.3 is 20.5 Å². The number of carbonyl (C=O) groups excluding carboxylic acids is 2. The number of carboxylic acids is 1. The number of urea groups is 1. The fourth-order valence-corrected chi connectivity index (χ4v) is 1.93. The molecule has 0 aliphatic carbocycles. The number of carboxylic acid groups (broad SMARTS) is 1. The van der Waals surface area contributed by atoms with Crippen LogP contribution in [-0.4, -0.2) is 12.0 Å². The van der Waals surface area contributed by atoms with Crippen molar-refractivity contribution in [1.29, 1.82) is 0 Å². The van der Waals surface area contributed by atoms with Gasteiger partial charge in [0, 0.05) is 11.3 Å². The zero-order valence-corrected chi connectivity index (χ0v) is 12.0. The van der Waals surface area contributed by atoms with Crippen LogP contribution in [0.15, 0.2) is 42.5 Å². The summed E-state index contributed by atoms with van der Waals surface area (Å²) in [6.45, 7) is 0. The molecule has 21 heavy (non-hydrogen) atoms. The topological polar surface area (TPSA) is 81.3 Å². The van der Waals surface area contributed by atoms with Gasteiger partial charge in [-0.25, -0.2) is 4.79 Å². The van der Waals surface area contributed by atoms with Crippen molar-refractivity contribution in [3.8, 4) is 0 Å². The second-order valence-electron chi connectivity index (χ2n) is 4.04. The van der Waals surface area contributed by atoms with Crippen LogP contribution in [-0.2, 0) is 0 Å². The fraction of sp³-hybridized carbons (Fsp3) is 0. The molecule has 0 unspecified atom stereocenters. The summed E-state index contributed by atoms with van der Waals surface area (Å²) in [7, 11) is 0. The van der Waals surface area contributed by atoms with Gasteiger partial charge in [-0.1, -0.05) is 41.4 Å². The molecule has 0 radical (unpaired) electrons. The predicted octanol–water partition coefficient (Wildman–Crippen LogP) is 3.00. The van der Waals surface area contributed by atoms with E-state index in [1.165, 1.54) is 30.3 Å². The summed E-state index contributed by atoms with van der Waals surface area (Å²) in [6, 6.07) is 9.90. The molecule has 0 saturated heterocycles. The molecule has 0 aliphatic heterocycles. The summed E-state index contributed by atoms with van der Waals surface area (Å²) in [5, 5.41) is 16.5. The highest BCUT2D eigenvalue weighted by Crippen LogP contribution is 2.25. The molecule has 108 valence electrons. The predicted molar refractivity (Wildman–Crippen MR) is 79.9 cm³/mol. The van der Waals surface area contributed by atoms with Crippen LogP contribution in [0, 0.1) is 0 Å². The van der Waals surface area contributed by atoms with Crippen LogP contribution >= 0.6 is 23.2 Å². The first-order chi connectivity index (χ1) is 9.97. The van der Waals surface area contributed by atoms with Crippen LogP contribution in [0.4, 0.5) is 16.2 Å². The Morgan fingerprint density at radius 3 is 2.33 bits per heavy atom. The number of aromatic carboxylic acids is 1. The summed E-state index contributed by atoms with van der Waals surface area (Å²) in [5.74, 6) is -1.37. The molecule has 0 fully saturated rings. The summed E-state index contributed by atoms with van der Waals surface area (Å²) in [5.41, 5.74) is 0.449. The number of anilines is 2. The summed E-state index contributed by atoms with van der Waals surface area (Å²) in [6.07, 6.45) is 0. The molecule has 7 heteroatoms. The van der Waals surface area contributed by atoms with Crippen molar-refractivity contribution in [2.24, 2.45) is 0 Å². The highest BCUT2D eigenvalue weighted by molar-refractivity contribution is 6.42. The largest absolute Gasteiger partial charge is 0.545 e. The highest BCUT2D eigenvalue weighted by Gasteiger charge is 2.08. The Morgan fingerprint density at radius 2 is 1.67 bits per heavy atom. The minimum atomic E-state index is -1.37. The SMILES string of the molecule is O=C(Nc1ccc(Cl)c(Cl)c1)Nc1ccccc1C(=O)[O-]. The van der Waals surface area contributed by atoms with E-state index in [0.717, 1.165) is 0 Å². The Balaban J connectivity index is 2.12. The molecule has 5 nitrogen and oxygen atoms in total. The molecule has 2 rings (SSSR count). The van der Waals surface area contributed by atoms with E-state index in [9.17, 15) is 14.7 Å². The van der Waals surface area contributed by atoms with Gasteiger partial charge >= 0.3 is 6.03 Å². The van der Waals surface area contributed by atoms with Gasteiger partial charge in [0.25, 0.3) is 0 Å². The van der Waals surface area contributed by atoms with E-state index >= 15 is 0 Å². The van der Waals surface area contributed by atoms with Crippen LogP contribution in [0.1, 0.15) is 10.4 Å². The molecule has 2 amide bonds. The maximum absolute atomic E-state index is 11.8. The quantitative estimate of drug-likeness (QED) is 0.910. The van der Waals surface area contributed by atoms with E-state index in [-0.39, 0.29) is 11.3 Å². The zero-order chi connectivity index (χ0) is 15.4. The lowest BCUT2D eigenvalue weighted by molar-refractivity contribution is -0.254. The second-order valence-corrected chi connectivity index (χ2v) is 4.86. The molecule has 2 aromatic rings. The molecule has 0 spiro atoms. The van der Waals surface area contributed by atoms with Crippen LogP contribution in [0.25, 0.3) is 0 Å². The number of hydrogen-bond donors (Lipinski definition) is 2. The number of para-hydroxylation sites is 1. The van der Waals surface area contributed by atoms with Gasteiger partial charge in [0.1, 0.15) is 0 Å². The van der Waals surface area contributed by atoms with Gasteiger partial charge in [0.05, 0.1) is 21.7 Å². The third kappa shape index (κ3) is 3.87. The molecule has 0 aliphatic rings. The number of rotatable bonds is 3. The minimum absolute atomic E-state index is 0.109. The van der Waals surface area contributed by atoms with Crippen molar-refractivity contribution in [3.05, 3.63) is 58.1 Å². The van der Waals surface area contributed by atoms with Crippen molar-refractivity contribution >= 4 is 46.6 Å². The van der Waals surface area contributed by atoms with Crippen molar-refractivity contribution in [1.82, 2.24) is 0 Å². The Labute approximate surface area is 130 Å². The fourth-order valence-electron chi connectivity index (χ4n) is 1.63. The lowest BCUT2D eigenvalue weighted by Gasteiger charge is -2.12. The van der Waals surface area contributed by atoms with E-state index < -0.39 is 12.0 Å². The van der Waals surface area contributed by atoms with E-state index in [1.54, 1.807) is 12.1 Å². The Kier molecular flexibility index (Phi) is 4.67. The number of halogens is 2. The van der Waals surface area contributed by atoms with E-state index in [2.05, 4.69) is 10.6 Å². The molecular weight excluding hydrogens is 315 g/mol. The molecule has 0 atom stereocenters. The maximum atomic E-state index is 11.8.